The molecule has 0 aromatic heterocycles. The Hall–Kier alpha value is -6.55. The molecule has 0 saturated carbocycles. The second kappa shape index (κ2) is 25.9. The molecule has 4 atom stereocenters. The van der Waals surface area contributed by atoms with Gasteiger partial charge in [-0.25, -0.2) is 17.9 Å². The number of hydrogen-bond donors (Lipinski definition) is 6. The molecule has 1 aliphatic heterocycles. The summed E-state index contributed by atoms with van der Waals surface area (Å²) < 4.78 is 45.5. The average Bonchev–Trinajstić information content (AvgIpc) is 3.33. The van der Waals surface area contributed by atoms with Crippen molar-refractivity contribution in [1.29, 1.82) is 0 Å². The molecule has 70 heavy (non-hydrogen) atoms. The first-order valence-corrected chi connectivity index (χ1v) is 23.7. The lowest BCUT2D eigenvalue weighted by Gasteiger charge is -2.43. The zero-order valence-corrected chi connectivity index (χ0v) is 40.7. The van der Waals surface area contributed by atoms with Gasteiger partial charge in [0, 0.05) is 13.1 Å². The number of rotatable bonds is 26. The Morgan fingerprint density at radius 2 is 1.36 bits per heavy atom. The number of carboxylic acids is 1. The van der Waals surface area contributed by atoms with Crippen molar-refractivity contribution < 1.29 is 56.5 Å². The fourth-order valence-corrected chi connectivity index (χ4v) is 8.67. The number of imide groups is 1. The first-order valence-electron chi connectivity index (χ1n) is 22.2. The van der Waals surface area contributed by atoms with Gasteiger partial charge in [-0.3, -0.25) is 39.6 Å². The third-order valence-electron chi connectivity index (χ3n) is 11.6. The van der Waals surface area contributed by atoms with Gasteiger partial charge in [-0.1, -0.05) is 97.1 Å². The van der Waals surface area contributed by atoms with E-state index in [9.17, 15) is 42.3 Å². The quantitative estimate of drug-likeness (QED) is 0.0100. The number of hydrogen-bond acceptors (Lipinski definition) is 14. The van der Waals surface area contributed by atoms with Crippen LogP contribution in [0.4, 0.5) is 0 Å². The molecule has 3 amide bonds. The molecule has 1 heterocycles. The Balaban J connectivity index is 0.0000107. The number of ether oxygens (including phenoxy) is 3. The van der Waals surface area contributed by atoms with Gasteiger partial charge in [-0.05, 0) is 92.3 Å². The molecule has 1 fully saturated rings. The molecule has 0 radical (unpaired) electrons. The Morgan fingerprint density at radius 1 is 0.800 bits per heavy atom. The number of β-lactam (4-membered cyclic amide) rings is 2. The van der Waals surface area contributed by atoms with Crippen LogP contribution in [0.1, 0.15) is 65.5 Å². The number of Topliss-reactive ketones (excluding diaryl/α,β-unsaturated/α-hetero) is 1. The molecule has 5 rings (SSSR count). The summed E-state index contributed by atoms with van der Waals surface area (Å²) in [5, 5.41) is 12.9. The maximum absolute atomic E-state index is 14.3. The number of guanidine groups is 1. The van der Waals surface area contributed by atoms with Crippen molar-refractivity contribution in [3.8, 4) is 0 Å². The lowest BCUT2D eigenvalue weighted by Crippen LogP contribution is -2.73. The Labute approximate surface area is 413 Å². The molecular weight excluding hydrogens is 946 g/mol. The van der Waals surface area contributed by atoms with Gasteiger partial charge in [0.25, 0.3) is 10.0 Å². The smallest absolute Gasteiger partial charge is 0.335 e. The summed E-state index contributed by atoms with van der Waals surface area (Å²) >= 11 is 0. The summed E-state index contributed by atoms with van der Waals surface area (Å²) in [7, 11) is -4.12. The van der Waals surface area contributed by atoms with Gasteiger partial charge < -0.3 is 36.1 Å². The summed E-state index contributed by atoms with van der Waals surface area (Å²) in [6, 6.07) is 26.1. The molecule has 21 heteroatoms. The topological polar surface area (TPSA) is 302 Å². The minimum Gasteiger partial charge on any atom is -0.479 e. The standard InChI is InChI=1S/C49H59N7O12S.ClH/c1-31-23-24-38(33(3)32(31)2)69(64,65)55-48(51)54-27-15-25-49(52,68-30-36-20-11-6-12-21-36)42(57)39-44(59)56(45(39)60)40(41(46(61)62)66-28-34-16-7-4-8-17-34)43(58)53-26-14-13-22-37(50)47(63)67-29-35-18-9-5-10-19-35;/h4-12,16-21,23-24,37,39-41H,13-15,22,25-30,50,52H2,1-3H3,(H,53,58)(H,61,62)(H3,51,54,55);1H/t37-,40-,41?,49+;/m0./s1. The molecule has 19 nitrogen and oxygen atoms in total. The van der Waals surface area contributed by atoms with E-state index in [1.165, 1.54) is 6.07 Å². The number of carboxylic acid groups (broad SMARTS) is 1. The molecular formula is C49H60ClN7O12S. The van der Waals surface area contributed by atoms with Gasteiger partial charge in [0.15, 0.2) is 23.8 Å². The highest BCUT2D eigenvalue weighted by Crippen LogP contribution is 2.32. The fourth-order valence-electron chi connectivity index (χ4n) is 7.42. The third-order valence-corrected chi connectivity index (χ3v) is 13.1. The third kappa shape index (κ3) is 14.7. The Morgan fingerprint density at radius 3 is 1.93 bits per heavy atom. The largest absolute Gasteiger partial charge is 0.479 e. The second-order valence-corrected chi connectivity index (χ2v) is 18.3. The highest BCUT2D eigenvalue weighted by molar-refractivity contribution is 7.90. The number of nitrogens with one attached hydrogen (secondary N) is 2. The van der Waals surface area contributed by atoms with Crippen molar-refractivity contribution in [2.45, 2.75) is 102 Å². The van der Waals surface area contributed by atoms with Gasteiger partial charge in [0.05, 0.1) is 18.1 Å². The van der Waals surface area contributed by atoms with Crippen LogP contribution in [-0.2, 0) is 72.8 Å². The van der Waals surface area contributed by atoms with Gasteiger partial charge in [0.1, 0.15) is 12.6 Å². The summed E-state index contributed by atoms with van der Waals surface area (Å²) in [5.74, 6) is -9.47. The molecule has 9 N–H and O–H groups in total. The zero-order valence-electron chi connectivity index (χ0n) is 39.1. The van der Waals surface area contributed by atoms with Crippen molar-refractivity contribution in [3.05, 3.63) is 137 Å². The van der Waals surface area contributed by atoms with Crippen molar-refractivity contribution in [2.75, 3.05) is 13.1 Å². The monoisotopic (exact) mass is 1010 g/mol. The second-order valence-electron chi connectivity index (χ2n) is 16.6. The maximum Gasteiger partial charge on any atom is 0.335 e. The number of aryl methyl sites for hydroxylation is 1. The van der Waals surface area contributed by atoms with E-state index in [0.29, 0.717) is 28.0 Å². The number of aliphatic carboxylic acids is 1. The van der Waals surface area contributed by atoms with E-state index in [2.05, 4.69) is 15.0 Å². The highest BCUT2D eigenvalue weighted by Gasteiger charge is 2.61. The van der Waals surface area contributed by atoms with Crippen LogP contribution in [0.5, 0.6) is 0 Å². The predicted octanol–water partition coefficient (Wildman–Crippen LogP) is 3.23. The number of sulfonamides is 1. The van der Waals surface area contributed by atoms with Crippen LogP contribution in [0.2, 0.25) is 0 Å². The zero-order chi connectivity index (χ0) is 50.3. The van der Waals surface area contributed by atoms with Crippen LogP contribution in [0.15, 0.2) is 113 Å². The van der Waals surface area contributed by atoms with Crippen LogP contribution < -0.4 is 27.2 Å². The van der Waals surface area contributed by atoms with E-state index in [0.717, 1.165) is 16.7 Å². The molecule has 1 aliphatic rings. The molecule has 1 unspecified atom stereocenters. The van der Waals surface area contributed by atoms with E-state index in [1.54, 1.807) is 92.7 Å². The number of unbranched alkanes of at least 4 members (excludes halogenated alkanes) is 1. The number of esters is 1. The van der Waals surface area contributed by atoms with E-state index < -0.39 is 81.3 Å². The van der Waals surface area contributed by atoms with Crippen molar-refractivity contribution in [2.24, 2.45) is 28.1 Å². The predicted molar refractivity (Wildman–Crippen MR) is 260 cm³/mol. The molecule has 0 spiro atoms. The van der Waals surface area contributed by atoms with Gasteiger partial charge in [0.2, 0.25) is 29.5 Å². The molecule has 376 valence electrons. The number of nitrogens with two attached hydrogens (primary N) is 3. The van der Waals surface area contributed by atoms with Crippen LogP contribution >= 0.6 is 12.4 Å². The number of halogens is 1. The van der Waals surface area contributed by atoms with Gasteiger partial charge in [-0.15, -0.1) is 12.4 Å². The number of amides is 3. The lowest BCUT2D eigenvalue weighted by atomic mass is 9.83. The average molecular weight is 1010 g/mol. The van der Waals surface area contributed by atoms with Crippen LogP contribution in [-0.4, -0.2) is 96.8 Å². The number of ketones is 1. The normalized spacial score (nSPS) is 15.1. The minimum absolute atomic E-state index is 0. The van der Waals surface area contributed by atoms with Crippen LogP contribution in [0.3, 0.4) is 0 Å². The number of benzene rings is 4. The maximum atomic E-state index is 14.3. The van der Waals surface area contributed by atoms with Crippen LogP contribution in [0.25, 0.3) is 0 Å². The summed E-state index contributed by atoms with van der Waals surface area (Å²) in [6.45, 7) is 4.56. The molecule has 4 aromatic carbocycles. The van der Waals surface area contributed by atoms with Gasteiger partial charge >= 0.3 is 11.9 Å². The van der Waals surface area contributed by atoms with E-state index in [-0.39, 0.29) is 75.9 Å². The molecule has 1 saturated heterocycles. The Bertz CT molecular complexity index is 2590. The van der Waals surface area contributed by atoms with Crippen molar-refractivity contribution in [3.63, 3.8) is 0 Å². The number of carbonyl (C=O) groups excluding carboxylic acids is 5. The molecule has 4 aromatic rings. The Kier molecular flexibility index (Phi) is 20.7. The SMILES string of the molecule is Cc1ccc(S(=O)(=O)NC(N)=NCCC[C@@](N)(OCc2ccccc2)C(=O)C2C(=O)N([C@H](C(=O)NCCCC[C@H](N)C(=O)OCc3ccccc3)C(OCc3ccccc3)C(=O)O)C2=O)c(C)c1C.Cl. The molecule has 0 aliphatic carbocycles. The van der Waals surface area contributed by atoms with E-state index >= 15 is 0 Å². The fraction of sp³-hybridized carbons (Fsp3) is 0.367. The van der Waals surface area contributed by atoms with E-state index in [1.807, 2.05) is 25.1 Å². The minimum atomic E-state index is -4.12. The van der Waals surface area contributed by atoms with Gasteiger partial charge in [-0.2, -0.15) is 0 Å². The molecule has 0 bridgehead atoms. The van der Waals surface area contributed by atoms with Crippen molar-refractivity contribution in [1.82, 2.24) is 14.9 Å². The summed E-state index contributed by atoms with van der Waals surface area (Å²) in [6.07, 6.45) is -1.70. The first-order chi connectivity index (χ1) is 32.8. The number of aliphatic imine (C=N–C) groups is 1. The van der Waals surface area contributed by atoms with Crippen molar-refractivity contribution >= 4 is 63.8 Å². The van der Waals surface area contributed by atoms with Crippen LogP contribution in [0, 0.1) is 26.7 Å². The highest BCUT2D eigenvalue weighted by atomic mass is 35.5. The lowest BCUT2D eigenvalue weighted by molar-refractivity contribution is -0.186. The summed E-state index contributed by atoms with van der Waals surface area (Å²) in [4.78, 5) is 86.1. The number of carbonyl (C=O) groups is 6. The summed E-state index contributed by atoms with van der Waals surface area (Å²) in [5.41, 5.74) is 20.4. The van der Waals surface area contributed by atoms with E-state index in [4.69, 9.17) is 31.4 Å². The number of nitrogens with zero attached hydrogens (tertiary/aromatic N) is 2. The first kappa shape index (κ1) is 56.0. The number of likely N-dealkylation sites (tertiary alicyclic amines) is 1.